The Morgan fingerprint density at radius 1 is 0.808 bits per heavy atom. The lowest BCUT2D eigenvalue weighted by atomic mass is 9.96. The Bertz CT molecular complexity index is 1140. The molecule has 0 saturated carbocycles. The van der Waals surface area contributed by atoms with Crippen molar-refractivity contribution in [2.24, 2.45) is 0 Å². The van der Waals surface area contributed by atoms with Crippen LogP contribution in [0.4, 0.5) is 0 Å². The van der Waals surface area contributed by atoms with Gasteiger partial charge in [-0.1, -0.05) is 60.7 Å². The normalized spacial score (nSPS) is 10.8. The number of nitrogens with one attached hydrogen (secondary N) is 1. The molecule has 4 rings (SSSR count). The van der Waals surface area contributed by atoms with Gasteiger partial charge < -0.3 is 5.11 Å². The molecule has 0 aliphatic carbocycles. The maximum absolute atomic E-state index is 13.0. The Hall–Kier alpha value is -3.80. The van der Waals surface area contributed by atoms with Crippen LogP contribution in [0, 0.1) is 0 Å². The van der Waals surface area contributed by atoms with Crippen molar-refractivity contribution in [3.05, 3.63) is 83.6 Å². The molecule has 1 aromatic heterocycles. The van der Waals surface area contributed by atoms with E-state index in [-0.39, 0.29) is 16.8 Å². The number of carbonyl (C=O) groups excluding carboxylic acids is 1. The van der Waals surface area contributed by atoms with Crippen molar-refractivity contribution in [3.8, 4) is 11.3 Å². The topological polar surface area (TPSA) is 95.9 Å². The van der Waals surface area contributed by atoms with Crippen LogP contribution in [0.25, 0.3) is 22.0 Å². The third kappa shape index (κ3) is 2.53. The summed E-state index contributed by atoms with van der Waals surface area (Å²) >= 11 is 0. The number of rotatable bonds is 4. The van der Waals surface area contributed by atoms with Crippen molar-refractivity contribution in [1.82, 2.24) is 15.4 Å². The zero-order valence-electron chi connectivity index (χ0n) is 13.5. The van der Waals surface area contributed by atoms with Gasteiger partial charge in [0.15, 0.2) is 5.69 Å². The minimum absolute atomic E-state index is 0.0654. The van der Waals surface area contributed by atoms with Gasteiger partial charge in [0.2, 0.25) is 5.78 Å². The Kier molecular flexibility index (Phi) is 3.78. The zero-order valence-corrected chi connectivity index (χ0v) is 13.5. The molecule has 4 aromatic rings. The highest BCUT2D eigenvalue weighted by Gasteiger charge is 2.24. The summed E-state index contributed by atoms with van der Waals surface area (Å²) < 4.78 is 0. The molecule has 0 aliphatic heterocycles. The fourth-order valence-corrected chi connectivity index (χ4v) is 3.00. The molecule has 0 unspecified atom stereocenters. The maximum atomic E-state index is 13.0. The first-order valence-electron chi connectivity index (χ1n) is 7.92. The molecule has 2 N–H and O–H groups in total. The summed E-state index contributed by atoms with van der Waals surface area (Å²) in [6, 6.07) is 19.6. The summed E-state index contributed by atoms with van der Waals surface area (Å²) in [5, 5.41) is 21.9. The molecule has 0 bridgehead atoms. The number of aromatic nitrogens is 3. The monoisotopic (exact) mass is 343 g/mol. The van der Waals surface area contributed by atoms with E-state index in [1.807, 2.05) is 42.5 Å². The van der Waals surface area contributed by atoms with Gasteiger partial charge in [-0.15, -0.1) is 0 Å². The Balaban J connectivity index is 1.88. The number of fused-ring (bicyclic) bond motifs is 1. The Morgan fingerprint density at radius 3 is 2.31 bits per heavy atom. The van der Waals surface area contributed by atoms with E-state index in [1.165, 1.54) is 12.1 Å². The van der Waals surface area contributed by atoms with Crippen LogP contribution in [0.3, 0.4) is 0 Å². The van der Waals surface area contributed by atoms with E-state index in [4.69, 9.17) is 0 Å². The van der Waals surface area contributed by atoms with Crippen molar-refractivity contribution in [2.75, 3.05) is 0 Å². The highest BCUT2D eigenvalue weighted by atomic mass is 16.4. The van der Waals surface area contributed by atoms with E-state index >= 15 is 0 Å². The minimum atomic E-state index is -1.16. The average molecular weight is 343 g/mol. The second-order valence-electron chi connectivity index (χ2n) is 5.73. The number of ketones is 1. The molecular weight excluding hydrogens is 330 g/mol. The van der Waals surface area contributed by atoms with Crippen molar-refractivity contribution >= 4 is 22.5 Å². The van der Waals surface area contributed by atoms with Crippen molar-refractivity contribution < 1.29 is 14.7 Å². The van der Waals surface area contributed by atoms with Crippen LogP contribution in [0.15, 0.2) is 66.7 Å². The molecule has 3 aromatic carbocycles. The number of aromatic amines is 1. The van der Waals surface area contributed by atoms with Crippen LogP contribution in [0.1, 0.15) is 26.4 Å². The predicted molar refractivity (Wildman–Crippen MR) is 96.2 cm³/mol. The largest absolute Gasteiger partial charge is 0.478 e. The maximum Gasteiger partial charge on any atom is 0.336 e. The zero-order chi connectivity index (χ0) is 18.1. The van der Waals surface area contributed by atoms with Crippen LogP contribution in [-0.2, 0) is 0 Å². The number of nitrogens with zero attached hydrogens (tertiary/aromatic N) is 2. The highest BCUT2D eigenvalue weighted by Crippen LogP contribution is 2.30. The summed E-state index contributed by atoms with van der Waals surface area (Å²) in [5.74, 6) is -1.65. The smallest absolute Gasteiger partial charge is 0.336 e. The SMILES string of the molecule is O=C(O)c1ccccc1C(=O)c1n[nH]nc1-c1cccc2ccccc12. The first kappa shape index (κ1) is 15.7. The Labute approximate surface area is 148 Å². The first-order chi connectivity index (χ1) is 12.7. The molecule has 0 aliphatic rings. The molecule has 0 spiro atoms. The molecule has 126 valence electrons. The van der Waals surface area contributed by atoms with E-state index < -0.39 is 11.8 Å². The van der Waals surface area contributed by atoms with Crippen LogP contribution < -0.4 is 0 Å². The third-order valence-corrected chi connectivity index (χ3v) is 4.21. The Morgan fingerprint density at radius 2 is 1.50 bits per heavy atom. The lowest BCUT2D eigenvalue weighted by Gasteiger charge is -2.07. The molecule has 26 heavy (non-hydrogen) atoms. The molecule has 6 heteroatoms. The summed E-state index contributed by atoms with van der Waals surface area (Å²) in [6.07, 6.45) is 0. The van der Waals surface area contributed by atoms with Gasteiger partial charge in [0, 0.05) is 11.1 Å². The molecule has 1 heterocycles. The fourth-order valence-electron chi connectivity index (χ4n) is 3.00. The number of aromatic carboxylic acids is 1. The van der Waals surface area contributed by atoms with Gasteiger partial charge >= 0.3 is 5.97 Å². The van der Waals surface area contributed by atoms with Crippen molar-refractivity contribution in [1.29, 1.82) is 0 Å². The second-order valence-corrected chi connectivity index (χ2v) is 5.73. The quantitative estimate of drug-likeness (QED) is 0.552. The van der Waals surface area contributed by atoms with E-state index in [2.05, 4.69) is 15.4 Å². The summed E-state index contributed by atoms with van der Waals surface area (Å²) in [6.45, 7) is 0. The van der Waals surface area contributed by atoms with Crippen LogP contribution in [-0.4, -0.2) is 32.3 Å². The molecule has 0 radical (unpaired) electrons. The van der Waals surface area contributed by atoms with Gasteiger partial charge in [0.25, 0.3) is 0 Å². The standard InChI is InChI=1S/C20H13N3O3/c24-19(15-9-3-4-10-16(15)20(25)26)18-17(21-23-22-18)14-11-5-7-12-6-1-2-8-13(12)14/h1-11H,(H,25,26)(H,21,22,23). The summed E-state index contributed by atoms with van der Waals surface area (Å²) in [4.78, 5) is 24.4. The number of hydrogen-bond donors (Lipinski definition) is 2. The van der Waals surface area contributed by atoms with Crippen molar-refractivity contribution in [2.45, 2.75) is 0 Å². The molecule has 0 amide bonds. The molecule has 6 nitrogen and oxygen atoms in total. The molecular formula is C20H13N3O3. The van der Waals surface area contributed by atoms with Gasteiger partial charge in [0.1, 0.15) is 5.69 Å². The average Bonchev–Trinajstić information content (AvgIpc) is 3.16. The van der Waals surface area contributed by atoms with Gasteiger partial charge in [-0.2, -0.15) is 15.4 Å². The number of carboxylic acids is 1. The van der Waals surface area contributed by atoms with Crippen molar-refractivity contribution in [3.63, 3.8) is 0 Å². The van der Waals surface area contributed by atoms with Crippen LogP contribution in [0.2, 0.25) is 0 Å². The number of carboxylic acid groups (broad SMARTS) is 1. The van der Waals surface area contributed by atoms with E-state index in [1.54, 1.807) is 12.1 Å². The number of H-pyrrole nitrogens is 1. The number of carbonyl (C=O) groups is 2. The summed E-state index contributed by atoms with van der Waals surface area (Å²) in [7, 11) is 0. The van der Waals surface area contributed by atoms with E-state index in [9.17, 15) is 14.7 Å². The van der Waals surface area contributed by atoms with E-state index in [0.29, 0.717) is 5.69 Å². The lowest BCUT2D eigenvalue weighted by molar-refractivity contribution is 0.0692. The molecule has 0 saturated heterocycles. The predicted octanol–water partition coefficient (Wildman–Crippen LogP) is 3.55. The molecule has 0 atom stereocenters. The lowest BCUT2D eigenvalue weighted by Crippen LogP contribution is -2.11. The van der Waals surface area contributed by atoms with Gasteiger partial charge in [-0.05, 0) is 16.8 Å². The number of benzene rings is 3. The van der Waals surface area contributed by atoms with Crippen LogP contribution >= 0.6 is 0 Å². The summed E-state index contributed by atoms with van der Waals surface area (Å²) in [5.41, 5.74) is 1.26. The highest BCUT2D eigenvalue weighted by molar-refractivity contribution is 6.16. The van der Waals surface area contributed by atoms with Crippen LogP contribution in [0.5, 0.6) is 0 Å². The first-order valence-corrected chi connectivity index (χ1v) is 7.92. The van der Waals surface area contributed by atoms with Gasteiger partial charge in [0.05, 0.1) is 5.56 Å². The van der Waals surface area contributed by atoms with Gasteiger partial charge in [-0.25, -0.2) is 4.79 Å². The fraction of sp³-hybridized carbons (Fsp3) is 0. The van der Waals surface area contributed by atoms with E-state index in [0.717, 1.165) is 16.3 Å². The molecule has 0 fully saturated rings. The minimum Gasteiger partial charge on any atom is -0.478 e. The third-order valence-electron chi connectivity index (χ3n) is 4.21. The second kappa shape index (κ2) is 6.25. The number of hydrogen-bond acceptors (Lipinski definition) is 4. The van der Waals surface area contributed by atoms with Gasteiger partial charge in [-0.3, -0.25) is 4.79 Å².